The van der Waals surface area contributed by atoms with Crippen LogP contribution in [0.1, 0.15) is 0 Å². The molecule has 0 aliphatic heterocycles. The lowest BCUT2D eigenvalue weighted by atomic mass is 10.1. The maximum absolute atomic E-state index is 5.37. The summed E-state index contributed by atoms with van der Waals surface area (Å²) < 4.78 is 4.26. The third kappa shape index (κ3) is 3.75. The lowest BCUT2D eigenvalue weighted by Crippen LogP contribution is -2.01. The fourth-order valence-corrected chi connectivity index (χ4v) is 6.22. The summed E-state index contributed by atoms with van der Waals surface area (Å²) in [5.74, 6) is 1.60. The average molecular weight is 565 g/mol. The lowest BCUT2D eigenvalue weighted by molar-refractivity contribution is 1.04. The molecule has 0 unspecified atom stereocenters. The van der Waals surface area contributed by atoms with E-state index in [2.05, 4.69) is 94.1 Å². The fraction of sp³-hybridized carbons (Fsp3) is 0. The lowest BCUT2D eigenvalue weighted by Gasteiger charge is -2.09. The molecule has 3 aromatic carbocycles. The van der Waals surface area contributed by atoms with Gasteiger partial charge in [-0.15, -0.1) is 0 Å². The summed E-state index contributed by atoms with van der Waals surface area (Å²) in [6, 6.07) is 43.6. The topological polar surface area (TPSA) is 61.4 Å². The molecule has 9 aromatic rings. The molecule has 0 aliphatic rings. The van der Waals surface area contributed by atoms with Gasteiger partial charge in [0.1, 0.15) is 17.3 Å². The van der Waals surface area contributed by atoms with Crippen LogP contribution < -0.4 is 0 Å². The molecule has 9 rings (SSSR count). The highest BCUT2D eigenvalue weighted by atomic mass is 15.2. The van der Waals surface area contributed by atoms with Gasteiger partial charge in [0.25, 0.3) is 0 Å². The molecule has 0 bridgehead atoms. The molecule has 44 heavy (non-hydrogen) atoms. The molecule has 0 amide bonds. The first-order chi connectivity index (χ1) is 21.8. The number of aromatic nitrogens is 6. The summed E-state index contributed by atoms with van der Waals surface area (Å²) in [5.41, 5.74) is 8.95. The summed E-state index contributed by atoms with van der Waals surface area (Å²) in [6.45, 7) is 0. The molecule has 0 aliphatic carbocycles. The van der Waals surface area contributed by atoms with Gasteiger partial charge in [-0.25, -0.2) is 15.0 Å². The van der Waals surface area contributed by atoms with E-state index in [0.717, 1.165) is 77.9 Å². The highest BCUT2D eigenvalue weighted by Gasteiger charge is 2.21. The maximum atomic E-state index is 5.37. The molecule has 206 valence electrons. The van der Waals surface area contributed by atoms with Gasteiger partial charge >= 0.3 is 0 Å². The summed E-state index contributed by atoms with van der Waals surface area (Å²) in [5, 5.41) is 3.16. The van der Waals surface area contributed by atoms with E-state index >= 15 is 0 Å². The van der Waals surface area contributed by atoms with E-state index in [-0.39, 0.29) is 0 Å². The van der Waals surface area contributed by atoms with Crippen molar-refractivity contribution in [2.24, 2.45) is 0 Å². The van der Waals surface area contributed by atoms with E-state index in [1.807, 2.05) is 61.1 Å². The first kappa shape index (κ1) is 24.5. The van der Waals surface area contributed by atoms with Gasteiger partial charge in [0.2, 0.25) is 0 Å². The van der Waals surface area contributed by atoms with Crippen molar-refractivity contribution >= 4 is 44.0 Å². The molecule has 6 heteroatoms. The van der Waals surface area contributed by atoms with Gasteiger partial charge < -0.3 is 0 Å². The van der Waals surface area contributed by atoms with Crippen molar-refractivity contribution in [1.82, 2.24) is 29.1 Å². The molecule has 6 aromatic heterocycles. The highest BCUT2D eigenvalue weighted by Crippen LogP contribution is 2.37. The van der Waals surface area contributed by atoms with Crippen LogP contribution in [0.2, 0.25) is 0 Å². The molecule has 0 fully saturated rings. The van der Waals surface area contributed by atoms with Crippen molar-refractivity contribution < 1.29 is 0 Å². The predicted octanol–water partition coefficient (Wildman–Crippen LogP) is 8.79. The number of hydrogen-bond donors (Lipinski definition) is 0. The molecule has 0 saturated heterocycles. The molecule has 0 atom stereocenters. The Hall–Kier alpha value is -6.14. The molecule has 6 nitrogen and oxygen atoms in total. The number of rotatable bonds is 4. The second kappa shape index (κ2) is 9.71. The summed E-state index contributed by atoms with van der Waals surface area (Å²) in [4.78, 5) is 20.0. The fourth-order valence-electron chi connectivity index (χ4n) is 6.22. The molecule has 0 spiro atoms. The monoisotopic (exact) mass is 564 g/mol. The van der Waals surface area contributed by atoms with Gasteiger partial charge in [0.05, 0.1) is 16.6 Å². The minimum Gasteiger partial charge on any atom is -0.278 e. The zero-order chi connectivity index (χ0) is 29.0. The first-order valence-corrected chi connectivity index (χ1v) is 14.6. The third-order valence-electron chi connectivity index (χ3n) is 8.29. The van der Waals surface area contributed by atoms with Crippen LogP contribution in [0.4, 0.5) is 0 Å². The molecular weight excluding hydrogens is 540 g/mol. The summed E-state index contributed by atoms with van der Waals surface area (Å²) >= 11 is 0. The van der Waals surface area contributed by atoms with Gasteiger partial charge in [0, 0.05) is 45.9 Å². The van der Waals surface area contributed by atoms with Crippen molar-refractivity contribution in [3.05, 3.63) is 146 Å². The van der Waals surface area contributed by atoms with Gasteiger partial charge in [-0.3, -0.25) is 14.1 Å². The van der Waals surface area contributed by atoms with Gasteiger partial charge in [-0.1, -0.05) is 78.9 Å². The van der Waals surface area contributed by atoms with E-state index in [4.69, 9.17) is 19.9 Å². The smallest absolute Gasteiger partial charge is 0.150 e. The number of fused-ring (bicyclic) bond motifs is 6. The minimum absolute atomic E-state index is 0.789. The van der Waals surface area contributed by atoms with Gasteiger partial charge in [-0.2, -0.15) is 0 Å². The average Bonchev–Trinajstić information content (AvgIpc) is 3.60. The molecular formula is C38H24N6. The zero-order valence-electron chi connectivity index (χ0n) is 23.5. The van der Waals surface area contributed by atoms with Crippen LogP contribution in [0.25, 0.3) is 77.9 Å². The van der Waals surface area contributed by atoms with E-state index in [1.165, 1.54) is 0 Å². The molecule has 0 radical (unpaired) electrons. The Bertz CT molecular complexity index is 2290. The van der Waals surface area contributed by atoms with E-state index in [0.29, 0.717) is 0 Å². The second-order valence-electron chi connectivity index (χ2n) is 10.8. The largest absolute Gasteiger partial charge is 0.278 e. The maximum Gasteiger partial charge on any atom is 0.150 e. The Morgan fingerprint density at radius 3 is 1.61 bits per heavy atom. The van der Waals surface area contributed by atoms with Crippen LogP contribution in [0.3, 0.4) is 0 Å². The quantitative estimate of drug-likeness (QED) is 0.214. The van der Waals surface area contributed by atoms with Crippen molar-refractivity contribution in [2.45, 2.75) is 0 Å². The van der Waals surface area contributed by atoms with Crippen LogP contribution in [0.15, 0.2) is 146 Å². The first-order valence-electron chi connectivity index (χ1n) is 14.6. The number of hydrogen-bond acceptors (Lipinski definition) is 4. The Balaban J connectivity index is 1.29. The van der Waals surface area contributed by atoms with E-state index in [1.54, 1.807) is 0 Å². The van der Waals surface area contributed by atoms with Crippen molar-refractivity contribution in [3.63, 3.8) is 0 Å². The number of para-hydroxylation sites is 1. The number of nitrogens with zero attached hydrogens (tertiary/aromatic N) is 6. The van der Waals surface area contributed by atoms with Gasteiger partial charge in [-0.05, 0) is 59.7 Å². The Labute approximate surface area is 252 Å². The Morgan fingerprint density at radius 1 is 0.409 bits per heavy atom. The standard InChI is InChI=1S/C38H24N6/c1-3-10-25(11-4-1)27-17-19-34(40-23-27)43-32-15-8-7-14-29(32)30-22-31-36-33(16-9-21-39-36)44(38(31)42-37(30)43)35-20-18-28(24-41-35)26-12-5-2-6-13-26/h1-24H. The van der Waals surface area contributed by atoms with E-state index < -0.39 is 0 Å². The van der Waals surface area contributed by atoms with Gasteiger partial charge in [0.15, 0.2) is 5.65 Å². The van der Waals surface area contributed by atoms with Crippen LogP contribution in [0, 0.1) is 0 Å². The zero-order valence-corrected chi connectivity index (χ0v) is 23.5. The SMILES string of the molecule is c1ccc(-c2ccc(-n3c4ccccc4c4cc5c6ncccc6n(-c6ccc(-c7ccccc7)cn6)c5nc43)nc2)cc1. The Kier molecular flexibility index (Phi) is 5.40. The highest BCUT2D eigenvalue weighted by molar-refractivity contribution is 6.15. The van der Waals surface area contributed by atoms with Crippen molar-refractivity contribution in [2.75, 3.05) is 0 Å². The Morgan fingerprint density at radius 2 is 0.977 bits per heavy atom. The molecule has 0 N–H and O–H groups in total. The normalized spacial score (nSPS) is 11.6. The molecule has 0 saturated carbocycles. The van der Waals surface area contributed by atoms with Crippen LogP contribution in [0.5, 0.6) is 0 Å². The van der Waals surface area contributed by atoms with Crippen LogP contribution in [-0.2, 0) is 0 Å². The second-order valence-corrected chi connectivity index (χ2v) is 10.8. The van der Waals surface area contributed by atoms with Crippen LogP contribution in [-0.4, -0.2) is 29.1 Å². The predicted molar refractivity (Wildman–Crippen MR) is 177 cm³/mol. The van der Waals surface area contributed by atoms with Crippen molar-refractivity contribution in [3.8, 4) is 33.9 Å². The molecule has 6 heterocycles. The number of pyridine rings is 4. The third-order valence-corrected chi connectivity index (χ3v) is 8.29. The number of benzene rings is 3. The summed E-state index contributed by atoms with van der Waals surface area (Å²) in [6.07, 6.45) is 5.69. The van der Waals surface area contributed by atoms with E-state index in [9.17, 15) is 0 Å². The summed E-state index contributed by atoms with van der Waals surface area (Å²) in [7, 11) is 0. The van der Waals surface area contributed by atoms with Crippen molar-refractivity contribution in [1.29, 1.82) is 0 Å². The minimum atomic E-state index is 0.789. The van der Waals surface area contributed by atoms with Crippen LogP contribution >= 0.6 is 0 Å².